The van der Waals surface area contributed by atoms with Crippen molar-refractivity contribution in [3.8, 4) is 6.07 Å². The Kier molecular flexibility index (Phi) is 6.54. The van der Waals surface area contributed by atoms with Gasteiger partial charge in [0.2, 0.25) is 0 Å². The summed E-state index contributed by atoms with van der Waals surface area (Å²) in [5.41, 5.74) is 0.309. The van der Waals surface area contributed by atoms with Crippen molar-refractivity contribution in [2.24, 2.45) is 0 Å². The van der Waals surface area contributed by atoms with Gasteiger partial charge in [0.1, 0.15) is 6.54 Å². The van der Waals surface area contributed by atoms with Crippen LogP contribution in [-0.2, 0) is 14.3 Å². The first kappa shape index (κ1) is 25.0. The highest BCUT2D eigenvalue weighted by atomic mass is 35.5. The number of ether oxygens (including phenoxy) is 1. The van der Waals surface area contributed by atoms with Gasteiger partial charge >= 0.3 is 12.0 Å². The predicted molar refractivity (Wildman–Crippen MR) is 131 cm³/mol. The van der Waals surface area contributed by atoms with Crippen molar-refractivity contribution in [3.63, 3.8) is 0 Å². The Labute approximate surface area is 213 Å². The van der Waals surface area contributed by atoms with Crippen LogP contribution in [0.3, 0.4) is 0 Å². The Morgan fingerprint density at radius 3 is 2.40 bits per heavy atom. The molecule has 182 valence electrons. The fraction of sp³-hybridized carbons (Fsp3) is 0.360. The number of quaternary nitrogens is 1. The molecule has 2 aromatic rings. The topological polar surface area (TPSA) is 90.7 Å². The molecule has 2 aliphatic rings. The van der Waals surface area contributed by atoms with Crippen LogP contribution in [0.2, 0.25) is 10.0 Å². The van der Waals surface area contributed by atoms with Gasteiger partial charge in [-0.15, -0.1) is 0 Å². The lowest BCUT2D eigenvalue weighted by atomic mass is 9.80. The summed E-state index contributed by atoms with van der Waals surface area (Å²) in [6, 6.07) is 13.1. The number of anilines is 1. The van der Waals surface area contributed by atoms with Crippen LogP contribution in [0.1, 0.15) is 24.0 Å². The van der Waals surface area contributed by atoms with Crippen molar-refractivity contribution in [1.29, 1.82) is 5.26 Å². The first-order chi connectivity index (χ1) is 16.5. The van der Waals surface area contributed by atoms with E-state index in [-0.39, 0.29) is 35.8 Å². The average molecular weight is 516 g/mol. The smallest absolute Gasteiger partial charge is 0.361 e. The molecule has 35 heavy (non-hydrogen) atoms. The third kappa shape index (κ3) is 4.25. The Morgan fingerprint density at radius 2 is 1.83 bits per heavy atom. The van der Waals surface area contributed by atoms with E-state index in [2.05, 4.69) is 6.07 Å². The summed E-state index contributed by atoms with van der Waals surface area (Å²) >= 11 is 12.3. The summed E-state index contributed by atoms with van der Waals surface area (Å²) in [5, 5.41) is 9.82. The second kappa shape index (κ2) is 9.15. The normalized spacial score (nSPS) is 25.9. The highest BCUT2D eigenvalue weighted by Crippen LogP contribution is 2.48. The summed E-state index contributed by atoms with van der Waals surface area (Å²) in [5.74, 6) is -1.22. The number of carbonyl (C=O) groups is 3. The number of rotatable bonds is 5. The molecule has 10 heteroatoms. The van der Waals surface area contributed by atoms with Crippen LogP contribution >= 0.6 is 23.2 Å². The largest absolute Gasteiger partial charge is 0.462 e. The van der Waals surface area contributed by atoms with Gasteiger partial charge in [-0.1, -0.05) is 35.3 Å². The minimum Gasteiger partial charge on any atom is -0.462 e. The number of hydrogen-bond acceptors (Lipinski definition) is 5. The predicted octanol–water partition coefficient (Wildman–Crippen LogP) is 3.81. The number of hydrogen-bond donors (Lipinski definition) is 0. The number of nitriles is 1. The Hall–Kier alpha value is -3.12. The maximum absolute atomic E-state index is 14.2. The summed E-state index contributed by atoms with van der Waals surface area (Å²) in [6.45, 7) is 2.68. The van der Waals surface area contributed by atoms with E-state index in [1.807, 2.05) is 7.05 Å². The lowest BCUT2D eigenvalue weighted by Gasteiger charge is -2.33. The maximum Gasteiger partial charge on any atom is 0.361 e. The van der Waals surface area contributed by atoms with Gasteiger partial charge in [-0.05, 0) is 42.8 Å². The third-order valence-corrected chi connectivity index (χ3v) is 7.27. The number of likely N-dealkylation sites (N-methyl/N-ethyl adjacent to an activating group) is 2. The zero-order valence-corrected chi connectivity index (χ0v) is 21.1. The zero-order valence-electron chi connectivity index (χ0n) is 19.6. The summed E-state index contributed by atoms with van der Waals surface area (Å²) in [7, 11) is 3.48. The molecule has 1 spiro atoms. The fourth-order valence-electron chi connectivity index (χ4n) is 5.36. The van der Waals surface area contributed by atoms with Crippen LogP contribution in [0.15, 0.2) is 42.5 Å². The van der Waals surface area contributed by atoms with Crippen LogP contribution in [0, 0.1) is 11.3 Å². The van der Waals surface area contributed by atoms with Crippen molar-refractivity contribution < 1.29 is 23.6 Å². The van der Waals surface area contributed by atoms with E-state index in [1.165, 1.54) is 23.1 Å². The number of likely N-dealkylation sites (tertiary alicyclic amines) is 1. The van der Waals surface area contributed by atoms with Crippen LogP contribution in [0.25, 0.3) is 0 Å². The van der Waals surface area contributed by atoms with Crippen LogP contribution in [-0.4, -0.2) is 73.2 Å². The number of halogens is 2. The molecule has 0 radical (unpaired) electrons. The summed E-state index contributed by atoms with van der Waals surface area (Å²) in [4.78, 5) is 42.7. The van der Waals surface area contributed by atoms with Gasteiger partial charge < -0.3 is 14.1 Å². The van der Waals surface area contributed by atoms with Gasteiger partial charge in [0.05, 0.1) is 43.4 Å². The SMILES string of the molecule is CCOC(=O)C[N+]1(C)C[C@@H](c2ccc(C#N)cc2)[C@]2(C1)C(=O)N(c1cc(Cl)cc(Cl)c1)C(=O)N2C. The first-order valence-electron chi connectivity index (χ1n) is 11.1. The number of amides is 3. The molecule has 0 bridgehead atoms. The molecule has 4 rings (SSSR count). The molecule has 0 aliphatic carbocycles. The number of imide groups is 1. The Balaban J connectivity index is 1.83. The second-order valence-electron chi connectivity index (χ2n) is 9.24. The minimum atomic E-state index is -1.26. The second-order valence-corrected chi connectivity index (χ2v) is 10.1. The number of carbonyl (C=O) groups excluding carboxylic acids is 3. The van der Waals surface area contributed by atoms with Crippen LogP contribution in [0.5, 0.6) is 0 Å². The van der Waals surface area contributed by atoms with Crippen molar-refractivity contribution in [2.45, 2.75) is 18.4 Å². The molecular weight excluding hydrogens is 491 g/mol. The van der Waals surface area contributed by atoms with Crippen LogP contribution < -0.4 is 4.90 Å². The molecule has 1 unspecified atom stereocenters. The fourth-order valence-corrected chi connectivity index (χ4v) is 5.87. The van der Waals surface area contributed by atoms with Crippen molar-refractivity contribution in [3.05, 3.63) is 63.6 Å². The lowest BCUT2D eigenvalue weighted by molar-refractivity contribution is -0.892. The van der Waals surface area contributed by atoms with E-state index in [0.717, 1.165) is 10.5 Å². The quantitative estimate of drug-likeness (QED) is 0.343. The van der Waals surface area contributed by atoms with E-state index in [1.54, 1.807) is 38.2 Å². The van der Waals surface area contributed by atoms with Crippen molar-refractivity contribution in [2.75, 3.05) is 45.2 Å². The maximum atomic E-state index is 14.2. The van der Waals surface area contributed by atoms with Crippen molar-refractivity contribution in [1.82, 2.24) is 4.90 Å². The van der Waals surface area contributed by atoms with E-state index in [9.17, 15) is 19.6 Å². The Morgan fingerprint density at radius 1 is 1.20 bits per heavy atom. The summed E-state index contributed by atoms with van der Waals surface area (Å²) in [6.07, 6.45) is 0. The van der Waals surface area contributed by atoms with Gasteiger partial charge in [-0.3, -0.25) is 4.79 Å². The van der Waals surface area contributed by atoms with E-state index in [4.69, 9.17) is 27.9 Å². The molecule has 2 aliphatic heterocycles. The first-order valence-corrected chi connectivity index (χ1v) is 11.9. The molecule has 0 N–H and O–H groups in total. The highest BCUT2D eigenvalue weighted by Gasteiger charge is 2.69. The molecule has 2 fully saturated rings. The summed E-state index contributed by atoms with van der Waals surface area (Å²) < 4.78 is 5.39. The Bertz CT molecular complexity index is 1220. The highest BCUT2D eigenvalue weighted by molar-refractivity contribution is 6.35. The molecule has 0 saturated carbocycles. The molecule has 8 nitrogen and oxygen atoms in total. The number of esters is 1. The molecule has 2 saturated heterocycles. The van der Waals surface area contributed by atoms with E-state index < -0.39 is 23.4 Å². The lowest BCUT2D eigenvalue weighted by Crippen LogP contribution is -2.56. The number of nitrogens with zero attached hydrogens (tertiary/aromatic N) is 4. The zero-order chi connectivity index (χ0) is 25.5. The van der Waals surface area contributed by atoms with E-state index >= 15 is 0 Å². The van der Waals surface area contributed by atoms with Gasteiger partial charge in [0.15, 0.2) is 12.1 Å². The number of urea groups is 1. The van der Waals surface area contributed by atoms with Gasteiger partial charge in [0.25, 0.3) is 5.91 Å². The third-order valence-electron chi connectivity index (χ3n) is 6.84. The molecular formula is C25H25Cl2N4O4+. The monoisotopic (exact) mass is 515 g/mol. The molecule has 3 amide bonds. The van der Waals surface area contributed by atoms with Gasteiger partial charge in [0, 0.05) is 17.1 Å². The molecule has 2 heterocycles. The standard InChI is InChI=1S/C25H25Cl2N4O4/c1-4-35-22(32)14-31(3)13-21(17-7-5-16(12-28)6-8-17)25(15-31)23(33)30(24(34)29(25)2)20-10-18(26)9-19(27)11-20/h5-11,21H,4,13-15H2,1-3H3/q+1/t21-,25+,31?/m0/s1. The minimum absolute atomic E-state index is 0.0562. The average Bonchev–Trinajstić information content (AvgIpc) is 3.20. The van der Waals surface area contributed by atoms with Gasteiger partial charge in [-0.2, -0.15) is 5.26 Å². The number of benzene rings is 2. The van der Waals surface area contributed by atoms with Gasteiger partial charge in [-0.25, -0.2) is 14.5 Å². The van der Waals surface area contributed by atoms with Crippen LogP contribution in [0.4, 0.5) is 10.5 Å². The molecule has 3 atom stereocenters. The van der Waals surface area contributed by atoms with Crippen molar-refractivity contribution >= 4 is 46.8 Å². The molecule has 0 aromatic heterocycles. The van der Waals surface area contributed by atoms with E-state index in [0.29, 0.717) is 22.2 Å². The molecule has 2 aromatic carbocycles.